The van der Waals surface area contributed by atoms with Gasteiger partial charge < -0.3 is 10.4 Å². The van der Waals surface area contributed by atoms with Crippen LogP contribution >= 0.6 is 78.3 Å². The molecular weight excluding hydrogens is 638 g/mol. The second kappa shape index (κ2) is 9.87. The van der Waals surface area contributed by atoms with Gasteiger partial charge in [0.25, 0.3) is 10.0 Å². The van der Waals surface area contributed by atoms with Gasteiger partial charge in [-0.15, -0.1) is 4.40 Å². The van der Waals surface area contributed by atoms with E-state index in [0.717, 1.165) is 4.47 Å². The molecule has 0 fully saturated rings. The van der Waals surface area contributed by atoms with Gasteiger partial charge in [-0.3, -0.25) is 0 Å². The van der Waals surface area contributed by atoms with Gasteiger partial charge >= 0.3 is 0 Å². The van der Waals surface area contributed by atoms with Crippen LogP contribution < -0.4 is 5.32 Å². The van der Waals surface area contributed by atoms with Crippen LogP contribution in [0.4, 0.5) is 5.69 Å². The van der Waals surface area contributed by atoms with E-state index in [1.54, 1.807) is 36.4 Å². The summed E-state index contributed by atoms with van der Waals surface area (Å²) in [5.74, 6) is -0.578. The third-order valence-corrected chi connectivity index (χ3v) is 7.96. The lowest BCUT2D eigenvalue weighted by molar-refractivity contribution is 0.476. The van der Waals surface area contributed by atoms with E-state index < -0.39 is 15.8 Å². The minimum absolute atomic E-state index is 0.0104. The molecule has 0 aliphatic heterocycles. The number of nitrogens with zero attached hydrogens (tertiary/aromatic N) is 1. The largest absolute Gasteiger partial charge is 0.505 e. The molecule has 0 heterocycles. The van der Waals surface area contributed by atoms with Crippen molar-refractivity contribution in [2.45, 2.75) is 4.90 Å². The number of phenolic OH excluding ortho intramolecular Hbond substituents is 1. The van der Waals surface area contributed by atoms with E-state index in [4.69, 9.17) is 46.4 Å². The molecule has 0 radical (unpaired) electrons. The average molecular weight is 648 g/mol. The Morgan fingerprint density at radius 3 is 1.74 bits per heavy atom. The van der Waals surface area contributed by atoms with Gasteiger partial charge in [-0.05, 0) is 36.4 Å². The van der Waals surface area contributed by atoms with Crippen molar-refractivity contribution in [1.82, 2.24) is 0 Å². The number of aromatic hydroxyl groups is 1. The van der Waals surface area contributed by atoms with E-state index >= 15 is 0 Å². The van der Waals surface area contributed by atoms with E-state index in [0.29, 0.717) is 10.0 Å². The number of hydrogen-bond donors (Lipinski definition) is 2. The molecule has 0 saturated carbocycles. The normalized spacial score (nSPS) is 12.1. The molecule has 0 aromatic heterocycles. The highest BCUT2D eigenvalue weighted by Crippen LogP contribution is 2.48. The van der Waals surface area contributed by atoms with E-state index in [1.165, 1.54) is 12.1 Å². The van der Waals surface area contributed by atoms with Crippen molar-refractivity contribution < 1.29 is 13.5 Å². The van der Waals surface area contributed by atoms with Gasteiger partial charge in [-0.25, -0.2) is 0 Å². The molecule has 2 N–H and O–H groups in total. The van der Waals surface area contributed by atoms with Crippen LogP contribution in [0.1, 0.15) is 5.56 Å². The molecule has 0 unspecified atom stereocenters. The number of anilines is 1. The fraction of sp³-hybridized carbons (Fsp3) is 0. The maximum absolute atomic E-state index is 12.9. The Morgan fingerprint density at radius 2 is 1.26 bits per heavy atom. The molecule has 0 saturated heterocycles. The summed E-state index contributed by atoms with van der Waals surface area (Å²) < 4.78 is 31.3. The SMILES string of the molecule is O=S(=O)(/N=C(/Nc1c(Cl)c(Cl)c(O)c(Cl)c1Cl)c1ccc(Br)cc1)c1ccc(Br)cc1. The van der Waals surface area contributed by atoms with Crippen LogP contribution in [0.15, 0.2) is 66.8 Å². The van der Waals surface area contributed by atoms with Gasteiger partial charge in [0.15, 0.2) is 11.6 Å². The zero-order valence-electron chi connectivity index (χ0n) is 15.0. The summed E-state index contributed by atoms with van der Waals surface area (Å²) in [7, 11) is -4.12. The number of nitrogens with one attached hydrogen (secondary N) is 1. The molecule has 162 valence electrons. The van der Waals surface area contributed by atoms with Crippen molar-refractivity contribution in [1.29, 1.82) is 0 Å². The zero-order valence-corrected chi connectivity index (χ0v) is 22.0. The minimum atomic E-state index is -4.12. The van der Waals surface area contributed by atoms with Gasteiger partial charge in [0.2, 0.25) is 0 Å². The van der Waals surface area contributed by atoms with E-state index in [-0.39, 0.29) is 36.5 Å². The van der Waals surface area contributed by atoms with Crippen LogP contribution in [-0.2, 0) is 10.0 Å². The summed E-state index contributed by atoms with van der Waals surface area (Å²) in [6, 6.07) is 12.7. The quantitative estimate of drug-likeness (QED) is 0.131. The Bertz CT molecular complexity index is 1250. The predicted octanol–water partition coefficient (Wildman–Crippen LogP) is 7.78. The van der Waals surface area contributed by atoms with Crippen LogP contribution in [0.3, 0.4) is 0 Å². The molecule has 0 atom stereocenters. The first-order chi connectivity index (χ1) is 14.5. The number of amidine groups is 1. The van der Waals surface area contributed by atoms with Crippen LogP contribution in [-0.4, -0.2) is 19.4 Å². The first-order valence-electron chi connectivity index (χ1n) is 8.19. The molecule has 3 aromatic carbocycles. The Balaban J connectivity index is 2.18. The monoisotopic (exact) mass is 644 g/mol. The highest BCUT2D eigenvalue weighted by Gasteiger charge is 2.23. The summed E-state index contributed by atoms with van der Waals surface area (Å²) in [5.41, 5.74) is 0.403. The first-order valence-corrected chi connectivity index (χ1v) is 12.7. The van der Waals surface area contributed by atoms with E-state index in [2.05, 4.69) is 41.6 Å². The maximum Gasteiger partial charge on any atom is 0.284 e. The van der Waals surface area contributed by atoms with Crippen LogP contribution in [0.2, 0.25) is 20.1 Å². The number of sulfonamides is 1. The zero-order chi connectivity index (χ0) is 22.9. The Kier molecular flexibility index (Phi) is 7.84. The number of rotatable bonds is 4. The topological polar surface area (TPSA) is 78.8 Å². The van der Waals surface area contributed by atoms with Gasteiger partial charge in [0.1, 0.15) is 10.0 Å². The lowest BCUT2D eigenvalue weighted by atomic mass is 10.2. The van der Waals surface area contributed by atoms with Crippen molar-refractivity contribution in [2.24, 2.45) is 4.40 Å². The summed E-state index contributed by atoms with van der Waals surface area (Å²) in [6.45, 7) is 0. The standard InChI is InChI=1S/C19H10Br2Cl4N2O3S/c20-10-3-1-9(2-4-10)19(27-31(29,30)12-7-5-11(21)6-8-12)26-17-13(22)15(24)18(28)16(25)14(17)23/h1-8,28H,(H,26,27). The molecule has 3 rings (SSSR count). The molecule has 3 aromatic rings. The fourth-order valence-electron chi connectivity index (χ4n) is 2.38. The lowest BCUT2D eigenvalue weighted by Gasteiger charge is -2.16. The van der Waals surface area contributed by atoms with Gasteiger partial charge in [0, 0.05) is 14.5 Å². The highest BCUT2D eigenvalue weighted by molar-refractivity contribution is 9.10. The predicted molar refractivity (Wildman–Crippen MR) is 134 cm³/mol. The minimum Gasteiger partial charge on any atom is -0.505 e. The van der Waals surface area contributed by atoms with Crippen LogP contribution in [0.25, 0.3) is 0 Å². The van der Waals surface area contributed by atoms with Crippen LogP contribution in [0, 0.1) is 0 Å². The lowest BCUT2D eigenvalue weighted by Crippen LogP contribution is -2.17. The molecular formula is C19H10Br2Cl4N2O3S. The Morgan fingerprint density at radius 1 is 0.806 bits per heavy atom. The first kappa shape index (κ1) is 24.6. The Hall–Kier alpha value is -1.00. The van der Waals surface area contributed by atoms with Crippen molar-refractivity contribution in [3.05, 3.63) is 83.1 Å². The third kappa shape index (κ3) is 5.50. The summed E-state index contributed by atoms with van der Waals surface area (Å²) in [4.78, 5) is -0.0222. The smallest absolute Gasteiger partial charge is 0.284 e. The molecule has 0 spiro atoms. The summed E-state index contributed by atoms with van der Waals surface area (Å²) >= 11 is 31.1. The summed E-state index contributed by atoms with van der Waals surface area (Å²) in [6.07, 6.45) is 0. The second-order valence-corrected chi connectivity index (χ2v) is 10.9. The van der Waals surface area contributed by atoms with Gasteiger partial charge in [0.05, 0.1) is 20.6 Å². The van der Waals surface area contributed by atoms with Gasteiger partial charge in [-0.1, -0.05) is 90.4 Å². The molecule has 12 heteroatoms. The average Bonchev–Trinajstić information content (AvgIpc) is 2.74. The maximum atomic E-state index is 12.9. The Labute approximate surface area is 215 Å². The van der Waals surface area contributed by atoms with Crippen molar-refractivity contribution in [3.63, 3.8) is 0 Å². The van der Waals surface area contributed by atoms with Crippen molar-refractivity contribution in [3.8, 4) is 5.75 Å². The number of phenols is 1. The van der Waals surface area contributed by atoms with Crippen LogP contribution in [0.5, 0.6) is 5.75 Å². The second-order valence-electron chi connectivity index (χ2n) is 5.98. The van der Waals surface area contributed by atoms with E-state index in [1.807, 2.05) is 0 Å². The van der Waals surface area contributed by atoms with Gasteiger partial charge in [-0.2, -0.15) is 8.42 Å². The number of halogens is 6. The fourth-order valence-corrected chi connectivity index (χ4v) is 4.83. The third-order valence-electron chi connectivity index (χ3n) is 3.92. The van der Waals surface area contributed by atoms with Crippen molar-refractivity contribution in [2.75, 3.05) is 5.32 Å². The molecule has 0 bridgehead atoms. The number of benzene rings is 3. The molecule has 5 nitrogen and oxygen atoms in total. The van der Waals surface area contributed by atoms with Crippen molar-refractivity contribution >= 4 is 99.8 Å². The molecule has 0 aliphatic rings. The summed E-state index contributed by atoms with van der Waals surface area (Å²) in [5, 5.41) is 11.9. The molecule has 0 aliphatic carbocycles. The highest BCUT2D eigenvalue weighted by atomic mass is 79.9. The number of hydrogen-bond acceptors (Lipinski definition) is 3. The molecule has 0 amide bonds. The molecule has 31 heavy (non-hydrogen) atoms. The van der Waals surface area contributed by atoms with E-state index in [9.17, 15) is 13.5 Å².